The Morgan fingerprint density at radius 2 is 0.820 bits per heavy atom. The smallest absolute Gasteiger partial charge is 0.0541 e. The number of fused-ring (bicyclic) bond motifs is 7. The Hall–Kier alpha value is -7.72. The van der Waals surface area contributed by atoms with E-state index in [0.29, 0.717) is 0 Å². The highest BCUT2D eigenvalue weighted by Gasteiger charge is 2.19. The second kappa shape index (κ2) is 14.5. The van der Waals surface area contributed by atoms with Crippen LogP contribution in [0.4, 0.5) is 17.1 Å². The third kappa shape index (κ3) is 6.01. The van der Waals surface area contributed by atoms with Gasteiger partial charge in [0.2, 0.25) is 0 Å². The maximum absolute atomic E-state index is 2.44. The van der Waals surface area contributed by atoms with Crippen molar-refractivity contribution in [1.82, 2.24) is 4.57 Å². The van der Waals surface area contributed by atoms with E-state index >= 15 is 0 Å². The fourth-order valence-electron chi connectivity index (χ4n) is 9.29. The molecule has 0 radical (unpaired) electrons. The van der Waals surface area contributed by atoms with Gasteiger partial charge in [0.1, 0.15) is 0 Å². The van der Waals surface area contributed by atoms with Crippen LogP contribution in [0.5, 0.6) is 0 Å². The summed E-state index contributed by atoms with van der Waals surface area (Å²) in [6.07, 6.45) is 0. The Balaban J connectivity index is 0.998. The molecule has 12 aromatic rings. The molecule has 0 aliphatic heterocycles. The van der Waals surface area contributed by atoms with Crippen LogP contribution in [0.2, 0.25) is 0 Å². The topological polar surface area (TPSA) is 8.17 Å². The largest absolute Gasteiger partial charge is 0.311 e. The van der Waals surface area contributed by atoms with E-state index in [0.717, 1.165) is 17.1 Å². The lowest BCUT2D eigenvalue weighted by Gasteiger charge is -2.26. The summed E-state index contributed by atoms with van der Waals surface area (Å²) in [5.74, 6) is 0. The predicted molar refractivity (Wildman–Crippen MR) is 262 cm³/mol. The zero-order chi connectivity index (χ0) is 40.3. The molecule has 3 heteroatoms. The number of rotatable bonds is 7. The molecular formula is C58H38N2S. The first-order valence-corrected chi connectivity index (χ1v) is 21.6. The van der Waals surface area contributed by atoms with Crippen molar-refractivity contribution in [2.45, 2.75) is 0 Å². The van der Waals surface area contributed by atoms with Crippen molar-refractivity contribution in [2.24, 2.45) is 0 Å². The molecule has 0 aliphatic carbocycles. The van der Waals surface area contributed by atoms with Crippen LogP contribution in [0, 0.1) is 0 Å². The first-order chi connectivity index (χ1) is 30.2. The number of anilines is 3. The molecule has 0 saturated heterocycles. The van der Waals surface area contributed by atoms with E-state index in [1.807, 2.05) is 11.3 Å². The average molecular weight is 795 g/mol. The molecule has 2 aromatic heterocycles. The lowest BCUT2D eigenvalue weighted by atomic mass is 9.98. The van der Waals surface area contributed by atoms with Crippen LogP contribution >= 0.6 is 11.3 Å². The quantitative estimate of drug-likeness (QED) is 0.156. The van der Waals surface area contributed by atoms with E-state index in [-0.39, 0.29) is 0 Å². The normalized spacial score (nSPS) is 11.6. The molecule has 0 bridgehead atoms. The minimum Gasteiger partial charge on any atom is -0.311 e. The molecule has 0 N–H and O–H groups in total. The van der Waals surface area contributed by atoms with Gasteiger partial charge in [-0.1, -0.05) is 164 Å². The Labute approximate surface area is 358 Å². The number of aromatic nitrogens is 1. The molecule has 61 heavy (non-hydrogen) atoms. The van der Waals surface area contributed by atoms with Crippen molar-refractivity contribution in [3.05, 3.63) is 231 Å². The van der Waals surface area contributed by atoms with Crippen LogP contribution < -0.4 is 4.90 Å². The molecule has 2 nitrogen and oxygen atoms in total. The number of hydrogen-bond donors (Lipinski definition) is 0. The van der Waals surface area contributed by atoms with Gasteiger partial charge in [-0.15, -0.1) is 11.3 Å². The summed E-state index contributed by atoms with van der Waals surface area (Å²) in [4.78, 5) is 2.37. The Kier molecular flexibility index (Phi) is 8.39. The highest BCUT2D eigenvalue weighted by Crippen LogP contribution is 2.45. The number of thiophene rings is 1. The Bertz CT molecular complexity index is 3500. The second-order valence-electron chi connectivity index (χ2n) is 15.7. The van der Waals surface area contributed by atoms with Crippen molar-refractivity contribution in [3.63, 3.8) is 0 Å². The fourth-order valence-corrected chi connectivity index (χ4v) is 10.5. The molecule has 0 atom stereocenters. The molecule has 286 valence electrons. The summed E-state index contributed by atoms with van der Waals surface area (Å²) in [5.41, 5.74) is 14.2. The Morgan fingerprint density at radius 3 is 1.48 bits per heavy atom. The van der Waals surface area contributed by atoms with Crippen molar-refractivity contribution in [2.75, 3.05) is 4.90 Å². The van der Waals surface area contributed by atoms with Gasteiger partial charge >= 0.3 is 0 Å². The van der Waals surface area contributed by atoms with Gasteiger partial charge in [-0.05, 0) is 105 Å². The van der Waals surface area contributed by atoms with E-state index in [2.05, 4.69) is 240 Å². The number of nitrogens with zero attached hydrogens (tertiary/aromatic N) is 2. The average Bonchev–Trinajstić information content (AvgIpc) is 3.88. The summed E-state index contributed by atoms with van der Waals surface area (Å²) >= 11 is 1.88. The van der Waals surface area contributed by atoms with Gasteiger partial charge in [-0.25, -0.2) is 0 Å². The van der Waals surface area contributed by atoms with Gasteiger partial charge in [-0.2, -0.15) is 0 Å². The molecule has 2 heterocycles. The first kappa shape index (κ1) is 35.2. The molecule has 12 rings (SSSR count). The minimum absolute atomic E-state index is 1.10. The van der Waals surface area contributed by atoms with Crippen molar-refractivity contribution in [1.29, 1.82) is 0 Å². The molecule has 0 saturated carbocycles. The summed E-state index contributed by atoms with van der Waals surface area (Å²) in [6.45, 7) is 0. The number of benzene rings is 10. The van der Waals surface area contributed by atoms with Gasteiger partial charge in [0.05, 0.1) is 11.0 Å². The van der Waals surface area contributed by atoms with Gasteiger partial charge in [0.25, 0.3) is 0 Å². The van der Waals surface area contributed by atoms with E-state index < -0.39 is 0 Å². The summed E-state index contributed by atoms with van der Waals surface area (Å²) < 4.78 is 5.04. The highest BCUT2D eigenvalue weighted by molar-refractivity contribution is 7.26. The summed E-state index contributed by atoms with van der Waals surface area (Å²) in [5, 5.41) is 7.61. The van der Waals surface area contributed by atoms with Gasteiger partial charge < -0.3 is 9.47 Å². The highest BCUT2D eigenvalue weighted by atomic mass is 32.1. The van der Waals surface area contributed by atoms with Crippen molar-refractivity contribution < 1.29 is 0 Å². The standard InChI is InChI=1S/C58H38N2S/c1-2-13-39(14-3-1)40-25-31-44(32-26-40)59(45-33-27-42(28-34-45)49-21-12-16-41-15-4-5-17-48(41)49)46-35-29-43(30-36-46)53-37-47(38-54-52-20-8-11-24-57(52)61-58(53)54)60-55-22-9-6-18-50(55)51-19-7-10-23-56(51)60/h1-38H. The number of hydrogen-bond acceptors (Lipinski definition) is 2. The summed E-state index contributed by atoms with van der Waals surface area (Å²) in [7, 11) is 0. The maximum atomic E-state index is 2.44. The van der Waals surface area contributed by atoms with E-state index in [1.165, 1.54) is 91.8 Å². The van der Waals surface area contributed by atoms with E-state index in [1.54, 1.807) is 0 Å². The lowest BCUT2D eigenvalue weighted by molar-refractivity contribution is 1.19. The fraction of sp³-hybridized carbons (Fsp3) is 0. The van der Waals surface area contributed by atoms with Gasteiger partial charge in [0, 0.05) is 59.3 Å². The van der Waals surface area contributed by atoms with Crippen LogP contribution in [0.15, 0.2) is 231 Å². The SMILES string of the molecule is c1ccc(-c2ccc(N(c3ccc(-c4cccc5ccccc45)cc3)c3ccc(-c4cc(-n5c6ccccc6c6ccccc65)cc5c4sc4ccccc45)cc3)cc2)cc1. The third-order valence-electron chi connectivity index (χ3n) is 12.2. The third-order valence-corrected chi connectivity index (χ3v) is 13.4. The van der Waals surface area contributed by atoms with Crippen LogP contribution in [0.25, 0.3) is 91.8 Å². The first-order valence-electron chi connectivity index (χ1n) is 20.8. The van der Waals surface area contributed by atoms with E-state index in [4.69, 9.17) is 0 Å². The molecule has 0 spiro atoms. The second-order valence-corrected chi connectivity index (χ2v) is 16.8. The monoisotopic (exact) mass is 794 g/mol. The number of para-hydroxylation sites is 2. The minimum atomic E-state index is 1.10. The van der Waals surface area contributed by atoms with Crippen molar-refractivity contribution in [3.8, 4) is 39.1 Å². The van der Waals surface area contributed by atoms with Gasteiger partial charge in [-0.3, -0.25) is 0 Å². The predicted octanol–water partition coefficient (Wildman–Crippen LogP) is 16.8. The molecule has 0 fully saturated rings. The maximum Gasteiger partial charge on any atom is 0.0541 e. The van der Waals surface area contributed by atoms with Crippen molar-refractivity contribution >= 4 is 81.1 Å². The zero-order valence-electron chi connectivity index (χ0n) is 33.2. The lowest BCUT2D eigenvalue weighted by Crippen LogP contribution is -2.09. The van der Waals surface area contributed by atoms with E-state index in [9.17, 15) is 0 Å². The molecule has 10 aromatic carbocycles. The molecular weight excluding hydrogens is 757 g/mol. The molecule has 0 aliphatic rings. The van der Waals surface area contributed by atoms with Crippen LogP contribution in [-0.4, -0.2) is 4.57 Å². The zero-order valence-corrected chi connectivity index (χ0v) is 34.1. The van der Waals surface area contributed by atoms with Crippen LogP contribution in [-0.2, 0) is 0 Å². The molecule has 0 amide bonds. The Morgan fingerprint density at radius 1 is 0.328 bits per heavy atom. The summed E-state index contributed by atoms with van der Waals surface area (Å²) in [6, 6.07) is 84.1. The molecule has 0 unspecified atom stereocenters. The van der Waals surface area contributed by atoms with Crippen LogP contribution in [0.3, 0.4) is 0 Å². The van der Waals surface area contributed by atoms with Gasteiger partial charge in [0.15, 0.2) is 0 Å². The van der Waals surface area contributed by atoms with Crippen LogP contribution in [0.1, 0.15) is 0 Å².